The van der Waals surface area contributed by atoms with Gasteiger partial charge in [-0.05, 0) is 6.92 Å². The van der Waals surface area contributed by atoms with Crippen molar-refractivity contribution in [1.29, 1.82) is 0 Å². The molecule has 9 heavy (non-hydrogen) atoms. The fourth-order valence-electron chi connectivity index (χ4n) is 0.689. The van der Waals surface area contributed by atoms with Gasteiger partial charge in [0.05, 0.1) is 6.10 Å². The molecular weight excluding hydrogens is 116 g/mol. The molecule has 50 valence electrons. The Morgan fingerprint density at radius 2 is 2.67 bits per heavy atom. The Bertz CT molecular complexity index is 158. The van der Waals surface area contributed by atoms with Crippen LogP contribution in [0.1, 0.15) is 12.7 Å². The summed E-state index contributed by atoms with van der Waals surface area (Å²) in [5.74, 6) is 0.838. The molecule has 0 unspecified atom stereocenters. The third-order valence-corrected chi connectivity index (χ3v) is 1.04. The van der Waals surface area contributed by atoms with Gasteiger partial charge >= 0.3 is 0 Å². The Morgan fingerprint density at radius 3 is 3.11 bits per heavy atom. The first kappa shape index (κ1) is 6.29. The smallest absolute Gasteiger partial charge is 0.108 e. The first-order valence-corrected chi connectivity index (χ1v) is 2.95. The van der Waals surface area contributed by atoms with Crippen LogP contribution in [0.5, 0.6) is 0 Å². The van der Waals surface area contributed by atoms with E-state index in [1.807, 2.05) is 0 Å². The predicted molar refractivity (Wildman–Crippen MR) is 34.0 cm³/mol. The van der Waals surface area contributed by atoms with E-state index in [4.69, 9.17) is 5.11 Å². The van der Waals surface area contributed by atoms with E-state index in [-0.39, 0.29) is 6.10 Å². The zero-order valence-electron chi connectivity index (χ0n) is 5.33. The number of aromatic nitrogens is 2. The van der Waals surface area contributed by atoms with Crippen LogP contribution in [-0.4, -0.2) is 21.2 Å². The van der Waals surface area contributed by atoms with Gasteiger partial charge in [0, 0.05) is 18.8 Å². The maximum atomic E-state index is 8.86. The van der Waals surface area contributed by atoms with Crippen molar-refractivity contribution in [2.75, 3.05) is 0 Å². The zero-order valence-corrected chi connectivity index (χ0v) is 5.33. The molecule has 0 aliphatic rings. The van der Waals surface area contributed by atoms with E-state index in [0.717, 1.165) is 5.82 Å². The predicted octanol–water partition coefficient (Wildman–Crippen LogP) is 0.333. The summed E-state index contributed by atoms with van der Waals surface area (Å²) in [5.41, 5.74) is 0. The minimum absolute atomic E-state index is 0.309. The summed E-state index contributed by atoms with van der Waals surface area (Å²) < 4.78 is 0. The number of aliphatic hydroxyl groups is 1. The molecule has 0 saturated heterocycles. The first-order chi connectivity index (χ1) is 4.29. The van der Waals surface area contributed by atoms with Crippen LogP contribution in [0.3, 0.4) is 0 Å². The van der Waals surface area contributed by atoms with Gasteiger partial charge in [-0.1, -0.05) is 0 Å². The largest absolute Gasteiger partial charge is 0.393 e. The minimum atomic E-state index is -0.309. The monoisotopic (exact) mass is 126 g/mol. The second-order valence-corrected chi connectivity index (χ2v) is 2.09. The van der Waals surface area contributed by atoms with Crippen molar-refractivity contribution in [3.8, 4) is 0 Å². The zero-order chi connectivity index (χ0) is 6.69. The van der Waals surface area contributed by atoms with Crippen molar-refractivity contribution in [1.82, 2.24) is 9.97 Å². The van der Waals surface area contributed by atoms with Crippen molar-refractivity contribution in [2.24, 2.45) is 0 Å². The molecule has 0 aromatic carbocycles. The van der Waals surface area contributed by atoms with E-state index in [0.29, 0.717) is 6.42 Å². The molecule has 1 heterocycles. The number of imidazole rings is 1. The lowest BCUT2D eigenvalue weighted by molar-refractivity contribution is 0.193. The lowest BCUT2D eigenvalue weighted by Gasteiger charge is -1.97. The number of aromatic amines is 1. The maximum Gasteiger partial charge on any atom is 0.108 e. The van der Waals surface area contributed by atoms with Gasteiger partial charge in [0.15, 0.2) is 0 Å². The van der Waals surface area contributed by atoms with E-state index < -0.39 is 0 Å². The lowest BCUT2D eigenvalue weighted by Crippen LogP contribution is -2.05. The molecule has 2 N–H and O–H groups in total. The Labute approximate surface area is 53.7 Å². The van der Waals surface area contributed by atoms with E-state index >= 15 is 0 Å². The number of nitrogens with zero attached hydrogens (tertiary/aromatic N) is 1. The van der Waals surface area contributed by atoms with Crippen LogP contribution >= 0.6 is 0 Å². The molecule has 0 aliphatic carbocycles. The molecule has 0 fully saturated rings. The van der Waals surface area contributed by atoms with Crippen molar-refractivity contribution in [3.63, 3.8) is 0 Å². The Kier molecular flexibility index (Phi) is 1.85. The number of nitrogens with one attached hydrogen (secondary N) is 1. The molecule has 1 aromatic heterocycles. The van der Waals surface area contributed by atoms with Crippen molar-refractivity contribution >= 4 is 0 Å². The van der Waals surface area contributed by atoms with E-state index in [1.165, 1.54) is 0 Å². The van der Waals surface area contributed by atoms with Crippen molar-refractivity contribution in [3.05, 3.63) is 18.2 Å². The molecule has 0 amide bonds. The summed E-state index contributed by atoms with van der Waals surface area (Å²) in [4.78, 5) is 6.84. The number of H-pyrrole nitrogens is 1. The molecule has 3 heteroatoms. The van der Waals surface area contributed by atoms with Gasteiger partial charge in [-0.25, -0.2) is 4.98 Å². The average Bonchev–Trinajstić information content (AvgIpc) is 2.15. The third kappa shape index (κ3) is 1.85. The van der Waals surface area contributed by atoms with Crippen LogP contribution in [0.15, 0.2) is 12.4 Å². The van der Waals surface area contributed by atoms with E-state index in [2.05, 4.69) is 9.97 Å². The van der Waals surface area contributed by atoms with Gasteiger partial charge in [-0.3, -0.25) is 0 Å². The normalized spacial score (nSPS) is 13.6. The number of hydrogen-bond acceptors (Lipinski definition) is 2. The molecule has 0 spiro atoms. The molecule has 1 aromatic rings. The molecule has 1 atom stereocenters. The number of aliphatic hydroxyl groups excluding tert-OH is 1. The van der Waals surface area contributed by atoms with Crippen LogP contribution in [0, 0.1) is 0 Å². The molecular formula is C6H10N2O. The third-order valence-electron chi connectivity index (χ3n) is 1.04. The Morgan fingerprint density at radius 1 is 1.89 bits per heavy atom. The van der Waals surface area contributed by atoms with Gasteiger partial charge in [-0.2, -0.15) is 0 Å². The summed E-state index contributed by atoms with van der Waals surface area (Å²) in [6, 6.07) is 0. The van der Waals surface area contributed by atoms with Crippen molar-refractivity contribution in [2.45, 2.75) is 19.4 Å². The van der Waals surface area contributed by atoms with E-state index in [1.54, 1.807) is 19.3 Å². The highest BCUT2D eigenvalue weighted by atomic mass is 16.3. The minimum Gasteiger partial charge on any atom is -0.393 e. The molecule has 0 radical (unpaired) electrons. The standard InChI is InChI=1S/C6H10N2O/c1-5(9)4-6-7-2-3-8-6/h2-3,5,9H,4H2,1H3,(H,7,8)/t5-/m0/s1. The lowest BCUT2D eigenvalue weighted by atomic mass is 10.3. The van der Waals surface area contributed by atoms with Crippen LogP contribution < -0.4 is 0 Å². The van der Waals surface area contributed by atoms with Crippen LogP contribution in [0.2, 0.25) is 0 Å². The fraction of sp³-hybridized carbons (Fsp3) is 0.500. The molecule has 0 saturated carbocycles. The average molecular weight is 126 g/mol. The quantitative estimate of drug-likeness (QED) is 0.600. The van der Waals surface area contributed by atoms with Gasteiger partial charge in [-0.15, -0.1) is 0 Å². The fourth-order valence-corrected chi connectivity index (χ4v) is 0.689. The second kappa shape index (κ2) is 2.64. The van der Waals surface area contributed by atoms with Crippen LogP contribution in [-0.2, 0) is 6.42 Å². The summed E-state index contributed by atoms with van der Waals surface area (Å²) in [6.07, 6.45) is 3.72. The van der Waals surface area contributed by atoms with Gasteiger partial charge in [0.1, 0.15) is 5.82 Å². The van der Waals surface area contributed by atoms with Gasteiger partial charge in [0.2, 0.25) is 0 Å². The molecule has 0 aliphatic heterocycles. The van der Waals surface area contributed by atoms with Crippen LogP contribution in [0.25, 0.3) is 0 Å². The molecule has 0 bridgehead atoms. The summed E-state index contributed by atoms with van der Waals surface area (Å²) in [6.45, 7) is 1.74. The first-order valence-electron chi connectivity index (χ1n) is 2.95. The Balaban J connectivity index is 2.48. The van der Waals surface area contributed by atoms with Gasteiger partial charge < -0.3 is 10.1 Å². The Hall–Kier alpha value is -0.830. The van der Waals surface area contributed by atoms with E-state index in [9.17, 15) is 0 Å². The summed E-state index contributed by atoms with van der Waals surface area (Å²) in [5, 5.41) is 8.86. The summed E-state index contributed by atoms with van der Waals surface area (Å²) >= 11 is 0. The summed E-state index contributed by atoms with van der Waals surface area (Å²) in [7, 11) is 0. The highest BCUT2D eigenvalue weighted by Gasteiger charge is 1.98. The number of hydrogen-bond donors (Lipinski definition) is 2. The highest BCUT2D eigenvalue weighted by molar-refractivity contribution is 4.87. The van der Waals surface area contributed by atoms with Crippen LogP contribution in [0.4, 0.5) is 0 Å². The van der Waals surface area contributed by atoms with Gasteiger partial charge in [0.25, 0.3) is 0 Å². The molecule has 3 nitrogen and oxygen atoms in total. The SMILES string of the molecule is C[C@H](O)Cc1ncc[nH]1. The topological polar surface area (TPSA) is 48.9 Å². The highest BCUT2D eigenvalue weighted by Crippen LogP contribution is 1.93. The second-order valence-electron chi connectivity index (χ2n) is 2.09. The maximum absolute atomic E-state index is 8.86. The number of rotatable bonds is 2. The van der Waals surface area contributed by atoms with Crippen molar-refractivity contribution < 1.29 is 5.11 Å². The molecule has 1 rings (SSSR count).